The molecule has 1 aliphatic carbocycles. The lowest BCUT2D eigenvalue weighted by Crippen LogP contribution is -1.93. The summed E-state index contributed by atoms with van der Waals surface area (Å²) in [4.78, 5) is 10.3. The van der Waals surface area contributed by atoms with Gasteiger partial charge in [-0.1, -0.05) is 18.2 Å². The minimum Gasteiger partial charge on any atom is -0.375 e. The van der Waals surface area contributed by atoms with Crippen molar-refractivity contribution in [1.29, 1.82) is 0 Å². The fourth-order valence-electron chi connectivity index (χ4n) is 2.68. The first-order valence-electron chi connectivity index (χ1n) is 6.89. The summed E-state index contributed by atoms with van der Waals surface area (Å²) in [6.07, 6.45) is 5.26. The zero-order chi connectivity index (χ0) is 13.5. The number of pyridine rings is 1. The first-order valence-corrected chi connectivity index (χ1v) is 7.70. The van der Waals surface area contributed by atoms with E-state index >= 15 is 0 Å². The number of nitrogens with two attached hydrogens (primary N) is 1. The maximum Gasteiger partial charge on any atom is 0.180 e. The Balaban J connectivity index is 1.77. The van der Waals surface area contributed by atoms with E-state index in [9.17, 15) is 0 Å². The van der Waals surface area contributed by atoms with Crippen molar-refractivity contribution in [3.8, 4) is 0 Å². The van der Waals surface area contributed by atoms with Crippen LogP contribution in [0.2, 0.25) is 0 Å². The van der Waals surface area contributed by atoms with E-state index in [1.54, 1.807) is 11.3 Å². The molecule has 0 atom stereocenters. The number of nitrogens with zero attached hydrogens (tertiary/aromatic N) is 2. The number of thiazole rings is 1. The van der Waals surface area contributed by atoms with E-state index < -0.39 is 0 Å². The summed E-state index contributed by atoms with van der Waals surface area (Å²) < 4.78 is 0. The second-order valence-corrected chi connectivity index (χ2v) is 6.41. The van der Waals surface area contributed by atoms with Gasteiger partial charge in [-0.05, 0) is 30.5 Å². The normalized spacial score (nSPS) is 14.8. The lowest BCUT2D eigenvalue weighted by Gasteiger charge is -2.05. The van der Waals surface area contributed by atoms with Crippen molar-refractivity contribution < 1.29 is 0 Å². The van der Waals surface area contributed by atoms with Gasteiger partial charge < -0.3 is 5.73 Å². The van der Waals surface area contributed by atoms with Gasteiger partial charge in [-0.2, -0.15) is 0 Å². The molecule has 0 radical (unpaired) electrons. The van der Waals surface area contributed by atoms with E-state index in [1.165, 1.54) is 34.4 Å². The number of aromatic nitrogens is 2. The minimum absolute atomic E-state index is 0.645. The molecule has 4 rings (SSSR count). The molecule has 1 aliphatic rings. The van der Waals surface area contributed by atoms with E-state index in [-0.39, 0.29) is 0 Å². The summed E-state index contributed by atoms with van der Waals surface area (Å²) in [5, 5.41) is 1.92. The minimum atomic E-state index is 0.645. The molecule has 2 N–H and O–H groups in total. The molecule has 0 bridgehead atoms. The van der Waals surface area contributed by atoms with Gasteiger partial charge in [-0.25, -0.2) is 4.98 Å². The van der Waals surface area contributed by atoms with Crippen molar-refractivity contribution in [1.82, 2.24) is 9.97 Å². The molecule has 0 unspecified atom stereocenters. The topological polar surface area (TPSA) is 51.8 Å². The fraction of sp³-hybridized carbons (Fsp3) is 0.250. The summed E-state index contributed by atoms with van der Waals surface area (Å²) >= 11 is 1.63. The third kappa shape index (κ3) is 2.06. The molecule has 0 aliphatic heterocycles. The Morgan fingerprint density at radius 1 is 1.20 bits per heavy atom. The number of nitrogen functional groups attached to an aromatic ring is 1. The molecule has 0 amide bonds. The molecule has 3 nitrogen and oxygen atoms in total. The molecule has 1 aromatic carbocycles. The standard InChI is InChI=1S/C16H15N3S/c17-16-19-15(10-6-7-10)14(20-16)9-11-3-1-5-13-12(11)4-2-8-18-13/h1-5,8,10H,6-7,9H2,(H2,17,19). The van der Waals surface area contributed by atoms with Gasteiger partial charge in [0.2, 0.25) is 0 Å². The van der Waals surface area contributed by atoms with Gasteiger partial charge in [0.15, 0.2) is 5.13 Å². The van der Waals surface area contributed by atoms with Crippen molar-refractivity contribution in [3.63, 3.8) is 0 Å². The molecular formula is C16H15N3S. The number of hydrogen-bond donors (Lipinski definition) is 1. The van der Waals surface area contributed by atoms with E-state index in [4.69, 9.17) is 5.73 Å². The Kier molecular flexibility index (Phi) is 2.70. The van der Waals surface area contributed by atoms with Gasteiger partial charge in [-0.15, -0.1) is 11.3 Å². The highest BCUT2D eigenvalue weighted by Gasteiger charge is 2.29. The van der Waals surface area contributed by atoms with Crippen LogP contribution in [0.5, 0.6) is 0 Å². The second-order valence-electron chi connectivity index (χ2n) is 5.30. The Hall–Kier alpha value is -1.94. The number of fused-ring (bicyclic) bond motifs is 1. The lowest BCUT2D eigenvalue weighted by molar-refractivity contribution is 1.01. The molecule has 2 aromatic heterocycles. The van der Waals surface area contributed by atoms with E-state index in [2.05, 4.69) is 34.2 Å². The van der Waals surface area contributed by atoms with Crippen LogP contribution in [0.25, 0.3) is 10.9 Å². The van der Waals surface area contributed by atoms with Crippen LogP contribution in [0.1, 0.15) is 34.9 Å². The van der Waals surface area contributed by atoms with Gasteiger partial charge in [0.05, 0.1) is 11.2 Å². The summed E-state index contributed by atoms with van der Waals surface area (Å²) in [7, 11) is 0. The Morgan fingerprint density at radius 3 is 2.95 bits per heavy atom. The maximum absolute atomic E-state index is 5.91. The summed E-state index contributed by atoms with van der Waals surface area (Å²) in [6.45, 7) is 0. The van der Waals surface area contributed by atoms with Gasteiger partial charge >= 0.3 is 0 Å². The second kappa shape index (κ2) is 4.56. The molecule has 4 heteroatoms. The van der Waals surface area contributed by atoms with Crippen LogP contribution in [0, 0.1) is 0 Å². The van der Waals surface area contributed by atoms with Crippen LogP contribution in [0.3, 0.4) is 0 Å². The predicted octanol–water partition coefficient (Wildman–Crippen LogP) is 3.74. The predicted molar refractivity (Wildman–Crippen MR) is 83.1 cm³/mol. The van der Waals surface area contributed by atoms with Gasteiger partial charge in [0.25, 0.3) is 0 Å². The molecule has 0 saturated heterocycles. The highest BCUT2D eigenvalue weighted by molar-refractivity contribution is 7.15. The summed E-state index contributed by atoms with van der Waals surface area (Å²) in [5.41, 5.74) is 9.49. The highest BCUT2D eigenvalue weighted by Crippen LogP contribution is 2.43. The highest BCUT2D eigenvalue weighted by atomic mass is 32.1. The fourth-order valence-corrected chi connectivity index (χ4v) is 3.62. The zero-order valence-corrected chi connectivity index (χ0v) is 11.9. The molecule has 1 saturated carbocycles. The van der Waals surface area contributed by atoms with Crippen LogP contribution < -0.4 is 5.73 Å². The van der Waals surface area contributed by atoms with E-state index in [0.717, 1.165) is 11.9 Å². The van der Waals surface area contributed by atoms with Crippen molar-refractivity contribution in [2.24, 2.45) is 0 Å². The van der Waals surface area contributed by atoms with Crippen molar-refractivity contribution in [2.45, 2.75) is 25.2 Å². The number of benzene rings is 1. The molecule has 100 valence electrons. The number of hydrogen-bond acceptors (Lipinski definition) is 4. The molecular weight excluding hydrogens is 266 g/mol. The van der Waals surface area contributed by atoms with Crippen LogP contribution in [0.4, 0.5) is 5.13 Å². The van der Waals surface area contributed by atoms with Crippen LogP contribution in [-0.2, 0) is 6.42 Å². The van der Waals surface area contributed by atoms with Gasteiger partial charge in [-0.3, -0.25) is 4.98 Å². The average Bonchev–Trinajstić information content (AvgIpc) is 3.24. The number of anilines is 1. The Morgan fingerprint density at radius 2 is 2.10 bits per heavy atom. The quantitative estimate of drug-likeness (QED) is 0.795. The van der Waals surface area contributed by atoms with Crippen LogP contribution in [-0.4, -0.2) is 9.97 Å². The van der Waals surface area contributed by atoms with Crippen molar-refractivity contribution >= 4 is 27.4 Å². The lowest BCUT2D eigenvalue weighted by atomic mass is 10.0. The SMILES string of the molecule is Nc1nc(C2CC2)c(Cc2cccc3ncccc23)s1. The Bertz CT molecular complexity index is 769. The third-order valence-corrected chi connectivity index (χ3v) is 4.70. The van der Waals surface area contributed by atoms with Gasteiger partial charge in [0.1, 0.15) is 0 Å². The average molecular weight is 281 g/mol. The monoisotopic (exact) mass is 281 g/mol. The van der Waals surface area contributed by atoms with Crippen molar-refractivity contribution in [2.75, 3.05) is 5.73 Å². The first-order chi connectivity index (χ1) is 9.81. The van der Waals surface area contributed by atoms with Crippen LogP contribution in [0.15, 0.2) is 36.5 Å². The third-order valence-electron chi connectivity index (χ3n) is 3.80. The molecule has 20 heavy (non-hydrogen) atoms. The van der Waals surface area contributed by atoms with Gasteiger partial charge in [0, 0.05) is 28.8 Å². The molecule has 3 aromatic rings. The summed E-state index contributed by atoms with van der Waals surface area (Å²) in [6, 6.07) is 10.4. The molecule has 1 fully saturated rings. The first kappa shape index (κ1) is 11.9. The molecule has 0 spiro atoms. The van der Waals surface area contributed by atoms with E-state index in [1.807, 2.05) is 12.3 Å². The Labute approximate surface area is 121 Å². The van der Waals surface area contributed by atoms with Crippen LogP contribution >= 0.6 is 11.3 Å². The number of rotatable bonds is 3. The molecule has 2 heterocycles. The summed E-state index contributed by atoms with van der Waals surface area (Å²) in [5.74, 6) is 0.645. The largest absolute Gasteiger partial charge is 0.375 e. The maximum atomic E-state index is 5.91. The van der Waals surface area contributed by atoms with Crippen molar-refractivity contribution in [3.05, 3.63) is 52.7 Å². The zero-order valence-electron chi connectivity index (χ0n) is 11.0. The smallest absolute Gasteiger partial charge is 0.180 e. The van der Waals surface area contributed by atoms with E-state index in [0.29, 0.717) is 11.0 Å².